The molecule has 218 valence electrons. The zero-order chi connectivity index (χ0) is 30.0. The van der Waals surface area contributed by atoms with Crippen molar-refractivity contribution in [2.24, 2.45) is 22.6 Å². The number of ether oxygens (including phenoxy) is 2. The second kappa shape index (κ2) is 15.0. The average molecular weight is 556 g/mol. The number of aliphatic hydroxyl groups is 1. The second-order valence-electron chi connectivity index (χ2n) is 10.1. The number of nitrogens with zero attached hydrogens (tertiary/aromatic N) is 1. The standard InChI is InChI=1S/C30H41N3O7/c1-7-12-32-26-21-13-17(2)14-25(39-6)27(35)20(5)15-19(4)24(40-30(31)38)11-9-8-10-18(3)29(37)33-22(28(21)36)16-23(26)34/h7-10,12,15-17,20,24-25,27,34-36H,1,11,13-14H2,2-6H3,(H2,31,38)(H,33,37)/b9-8?,18-10+,19-15?,32-12?. The minimum absolute atomic E-state index is 0.0311. The van der Waals surface area contributed by atoms with E-state index in [2.05, 4.69) is 16.9 Å². The van der Waals surface area contributed by atoms with Crippen molar-refractivity contribution in [1.82, 2.24) is 0 Å². The van der Waals surface area contributed by atoms with Crippen LogP contribution in [-0.4, -0.2) is 59.0 Å². The summed E-state index contributed by atoms with van der Waals surface area (Å²) in [6.45, 7) is 10.8. The Morgan fingerprint density at radius 2 is 1.98 bits per heavy atom. The first kappa shape index (κ1) is 32.3. The Labute approximate surface area is 235 Å². The van der Waals surface area contributed by atoms with Gasteiger partial charge < -0.3 is 35.8 Å². The zero-order valence-corrected chi connectivity index (χ0v) is 23.8. The summed E-state index contributed by atoms with van der Waals surface area (Å²) < 4.78 is 10.9. The van der Waals surface area contributed by atoms with E-state index >= 15 is 0 Å². The van der Waals surface area contributed by atoms with E-state index in [1.54, 1.807) is 32.1 Å². The van der Waals surface area contributed by atoms with Gasteiger partial charge in [0.1, 0.15) is 23.3 Å². The van der Waals surface area contributed by atoms with Gasteiger partial charge in [0.05, 0.1) is 17.9 Å². The molecule has 1 aliphatic heterocycles. The average Bonchev–Trinajstić information content (AvgIpc) is 2.89. The van der Waals surface area contributed by atoms with Gasteiger partial charge in [0.15, 0.2) is 0 Å². The van der Waals surface area contributed by atoms with Gasteiger partial charge in [0, 0.05) is 42.9 Å². The fourth-order valence-corrected chi connectivity index (χ4v) is 4.60. The van der Waals surface area contributed by atoms with Crippen molar-refractivity contribution in [2.75, 3.05) is 12.4 Å². The van der Waals surface area contributed by atoms with E-state index < -0.39 is 30.3 Å². The van der Waals surface area contributed by atoms with Crippen LogP contribution in [0, 0.1) is 11.8 Å². The number of allylic oxidation sites excluding steroid dienone is 3. The number of aliphatic hydroxyl groups excluding tert-OH is 1. The SMILES string of the molecule is C=CC=Nc1c(O)cc2c(O)c1CC(C)CC(OC)C(O)C(C)C=C(C)C(OC(N)=O)CC=C/C=C(\C)C(=O)N2. The number of carbonyl (C=O) groups excluding carboxylic acids is 2. The van der Waals surface area contributed by atoms with E-state index in [0.29, 0.717) is 23.1 Å². The molecule has 1 aromatic rings. The van der Waals surface area contributed by atoms with E-state index in [-0.39, 0.29) is 47.6 Å². The van der Waals surface area contributed by atoms with Crippen LogP contribution < -0.4 is 11.1 Å². The highest BCUT2D eigenvalue weighted by Crippen LogP contribution is 2.44. The monoisotopic (exact) mass is 555 g/mol. The zero-order valence-electron chi connectivity index (χ0n) is 23.8. The summed E-state index contributed by atoms with van der Waals surface area (Å²) >= 11 is 0. The van der Waals surface area contributed by atoms with Crippen molar-refractivity contribution in [3.8, 4) is 11.5 Å². The Morgan fingerprint density at radius 3 is 2.60 bits per heavy atom. The van der Waals surface area contributed by atoms with Crippen LogP contribution in [0.2, 0.25) is 0 Å². The van der Waals surface area contributed by atoms with E-state index in [4.69, 9.17) is 15.2 Å². The van der Waals surface area contributed by atoms with Gasteiger partial charge in [0.2, 0.25) is 0 Å². The quantitative estimate of drug-likeness (QED) is 0.154. The molecule has 0 saturated heterocycles. The first-order valence-electron chi connectivity index (χ1n) is 13.1. The number of aromatic hydroxyl groups is 2. The number of rotatable bonds is 4. The van der Waals surface area contributed by atoms with E-state index in [0.717, 1.165) is 0 Å². The minimum atomic E-state index is -0.922. The fraction of sp³-hybridized carbons (Fsp3) is 0.433. The maximum atomic E-state index is 12.9. The third-order valence-corrected chi connectivity index (χ3v) is 6.80. The van der Waals surface area contributed by atoms with Gasteiger partial charge in [0.25, 0.3) is 5.91 Å². The van der Waals surface area contributed by atoms with Crippen LogP contribution in [-0.2, 0) is 20.7 Å². The summed E-state index contributed by atoms with van der Waals surface area (Å²) in [4.78, 5) is 28.6. The number of carbonyl (C=O) groups is 2. The van der Waals surface area contributed by atoms with Crippen LogP contribution in [0.4, 0.5) is 16.2 Å². The molecule has 2 bridgehead atoms. The molecule has 40 heavy (non-hydrogen) atoms. The van der Waals surface area contributed by atoms with Gasteiger partial charge in [-0.1, -0.05) is 50.8 Å². The molecule has 1 heterocycles. The highest BCUT2D eigenvalue weighted by Gasteiger charge is 2.28. The summed E-state index contributed by atoms with van der Waals surface area (Å²) in [5.41, 5.74) is 6.84. The molecule has 1 aromatic carbocycles. The first-order valence-corrected chi connectivity index (χ1v) is 13.1. The molecule has 0 aliphatic carbocycles. The number of primary amides is 1. The number of hydrogen-bond acceptors (Lipinski definition) is 8. The number of nitrogens with two attached hydrogens (primary N) is 1. The Bertz CT molecular complexity index is 1200. The molecule has 10 nitrogen and oxygen atoms in total. The topological polar surface area (TPSA) is 164 Å². The number of anilines is 1. The van der Waals surface area contributed by atoms with E-state index in [1.807, 2.05) is 19.9 Å². The smallest absolute Gasteiger partial charge is 0.405 e. The van der Waals surface area contributed by atoms with Crippen LogP contribution in [0.15, 0.2) is 59.2 Å². The molecular formula is C30H41N3O7. The number of phenolic OH excluding ortho intramolecular Hbond substituents is 2. The highest BCUT2D eigenvalue weighted by atomic mass is 16.6. The summed E-state index contributed by atoms with van der Waals surface area (Å²) in [7, 11) is 1.51. The first-order chi connectivity index (χ1) is 18.9. The Kier molecular flexibility index (Phi) is 12.2. The van der Waals surface area contributed by atoms with Gasteiger partial charge in [-0.2, -0.15) is 0 Å². The highest BCUT2D eigenvalue weighted by molar-refractivity contribution is 6.04. The summed E-state index contributed by atoms with van der Waals surface area (Å²) in [5, 5.41) is 35.7. The van der Waals surface area contributed by atoms with Crippen LogP contribution in [0.25, 0.3) is 0 Å². The molecule has 2 rings (SSSR count). The lowest BCUT2D eigenvalue weighted by Gasteiger charge is -2.28. The molecule has 6 N–H and O–H groups in total. The predicted molar refractivity (Wildman–Crippen MR) is 156 cm³/mol. The fourth-order valence-electron chi connectivity index (χ4n) is 4.60. The lowest BCUT2D eigenvalue weighted by Crippen LogP contribution is -2.35. The molecular weight excluding hydrogens is 514 g/mol. The van der Waals surface area contributed by atoms with Crippen molar-refractivity contribution in [1.29, 1.82) is 0 Å². The molecule has 0 saturated carbocycles. The van der Waals surface area contributed by atoms with Gasteiger partial charge >= 0.3 is 6.09 Å². The van der Waals surface area contributed by atoms with E-state index in [1.165, 1.54) is 25.5 Å². The maximum Gasteiger partial charge on any atom is 0.405 e. The molecule has 5 unspecified atom stereocenters. The summed E-state index contributed by atoms with van der Waals surface area (Å²) in [6.07, 6.45) is 7.50. The number of aliphatic imine (C=N–C) groups is 1. The van der Waals surface area contributed by atoms with Crippen LogP contribution in [0.1, 0.15) is 46.1 Å². The molecule has 0 aromatic heterocycles. The van der Waals surface area contributed by atoms with Crippen LogP contribution in [0.3, 0.4) is 0 Å². The van der Waals surface area contributed by atoms with Crippen LogP contribution >= 0.6 is 0 Å². The van der Waals surface area contributed by atoms with Gasteiger partial charge in [-0.25, -0.2) is 4.79 Å². The molecule has 0 spiro atoms. The number of fused-ring (bicyclic) bond motifs is 2. The number of amides is 2. The number of benzene rings is 1. The number of hydrogen-bond donors (Lipinski definition) is 5. The molecule has 0 radical (unpaired) electrons. The van der Waals surface area contributed by atoms with Gasteiger partial charge in [-0.05, 0) is 38.2 Å². The summed E-state index contributed by atoms with van der Waals surface area (Å²) in [6, 6.07) is 1.24. The number of phenols is 2. The normalized spacial score (nSPS) is 26.4. The molecule has 1 aliphatic rings. The Hall–Kier alpha value is -3.89. The third-order valence-electron chi connectivity index (χ3n) is 6.80. The van der Waals surface area contributed by atoms with Crippen molar-refractivity contribution in [3.63, 3.8) is 0 Å². The van der Waals surface area contributed by atoms with E-state index in [9.17, 15) is 24.9 Å². The predicted octanol–water partition coefficient (Wildman–Crippen LogP) is 4.82. The number of methoxy groups -OCH3 is 1. The third kappa shape index (κ3) is 8.82. The van der Waals surface area contributed by atoms with Gasteiger partial charge in [-0.3, -0.25) is 9.79 Å². The molecule has 0 fully saturated rings. The van der Waals surface area contributed by atoms with Crippen molar-refractivity contribution in [3.05, 3.63) is 59.7 Å². The number of nitrogens with one attached hydrogen (secondary N) is 1. The van der Waals surface area contributed by atoms with Crippen molar-refractivity contribution < 1.29 is 34.4 Å². The summed E-state index contributed by atoms with van der Waals surface area (Å²) in [5.74, 6) is -1.44. The maximum absolute atomic E-state index is 12.9. The lowest BCUT2D eigenvalue weighted by atomic mass is 9.87. The largest absolute Gasteiger partial charge is 0.506 e. The van der Waals surface area contributed by atoms with Crippen LogP contribution in [0.5, 0.6) is 11.5 Å². The Balaban J connectivity index is 2.61. The lowest BCUT2D eigenvalue weighted by molar-refractivity contribution is -0.112. The minimum Gasteiger partial charge on any atom is -0.506 e. The molecule has 10 heteroatoms. The van der Waals surface area contributed by atoms with Crippen molar-refractivity contribution in [2.45, 2.75) is 65.3 Å². The second-order valence-corrected chi connectivity index (χ2v) is 10.1. The Morgan fingerprint density at radius 1 is 1.27 bits per heavy atom. The van der Waals surface area contributed by atoms with Crippen molar-refractivity contribution >= 4 is 29.6 Å². The van der Waals surface area contributed by atoms with Gasteiger partial charge in [-0.15, -0.1) is 0 Å². The molecule has 5 atom stereocenters. The molecule has 2 amide bonds.